The summed E-state index contributed by atoms with van der Waals surface area (Å²) in [5, 5.41) is 0. The molecule has 0 unspecified atom stereocenters. The summed E-state index contributed by atoms with van der Waals surface area (Å²) in [6.45, 7) is 4.09. The lowest BCUT2D eigenvalue weighted by atomic mass is 10.1. The van der Waals surface area contributed by atoms with Gasteiger partial charge < -0.3 is 10.3 Å². The number of nitrogen functional groups attached to an aromatic ring is 1. The van der Waals surface area contributed by atoms with Gasteiger partial charge in [0, 0.05) is 21.8 Å². The molecule has 3 aromatic rings. The van der Waals surface area contributed by atoms with E-state index in [2.05, 4.69) is 20.9 Å². The van der Waals surface area contributed by atoms with Crippen LogP contribution in [0.25, 0.3) is 22.4 Å². The number of benzene rings is 2. The van der Waals surface area contributed by atoms with Crippen molar-refractivity contribution in [3.05, 3.63) is 46.7 Å². The summed E-state index contributed by atoms with van der Waals surface area (Å²) in [6.07, 6.45) is 0. The van der Waals surface area contributed by atoms with Gasteiger partial charge in [0.2, 0.25) is 0 Å². The van der Waals surface area contributed by atoms with Gasteiger partial charge in [-0.1, -0.05) is 15.9 Å². The van der Waals surface area contributed by atoms with Crippen LogP contribution in [-0.2, 0) is 0 Å². The van der Waals surface area contributed by atoms with Crippen molar-refractivity contribution < 1.29 is 4.39 Å². The molecule has 0 radical (unpaired) electrons. The van der Waals surface area contributed by atoms with Crippen molar-refractivity contribution in [2.75, 3.05) is 5.73 Å². The molecule has 2 aromatic carbocycles. The van der Waals surface area contributed by atoms with Crippen LogP contribution >= 0.6 is 15.9 Å². The van der Waals surface area contributed by atoms with Crippen LogP contribution in [-0.4, -0.2) is 9.55 Å². The molecular formula is C16H15BrFN3. The minimum absolute atomic E-state index is 0.148. The maximum absolute atomic E-state index is 13.6. The molecule has 108 valence electrons. The van der Waals surface area contributed by atoms with Gasteiger partial charge in [-0.2, -0.15) is 0 Å². The number of halogens is 2. The van der Waals surface area contributed by atoms with Gasteiger partial charge in [0.25, 0.3) is 0 Å². The van der Waals surface area contributed by atoms with Gasteiger partial charge in [-0.25, -0.2) is 9.37 Å². The molecule has 1 heterocycles. The molecule has 0 aliphatic heterocycles. The largest absolute Gasteiger partial charge is 0.398 e. The van der Waals surface area contributed by atoms with Gasteiger partial charge in [-0.05, 0) is 50.2 Å². The van der Waals surface area contributed by atoms with Crippen LogP contribution in [0.15, 0.2) is 40.9 Å². The van der Waals surface area contributed by atoms with Gasteiger partial charge in [0.1, 0.15) is 11.6 Å². The van der Waals surface area contributed by atoms with Crippen molar-refractivity contribution in [3.63, 3.8) is 0 Å². The number of nitrogens with zero attached hydrogens (tertiary/aromatic N) is 2. The quantitative estimate of drug-likeness (QED) is 0.678. The number of hydrogen-bond donors (Lipinski definition) is 1. The van der Waals surface area contributed by atoms with Crippen LogP contribution < -0.4 is 5.73 Å². The van der Waals surface area contributed by atoms with Crippen LogP contribution in [0.3, 0.4) is 0 Å². The zero-order chi connectivity index (χ0) is 15.1. The van der Waals surface area contributed by atoms with Crippen molar-refractivity contribution in [1.29, 1.82) is 0 Å². The van der Waals surface area contributed by atoms with E-state index in [-0.39, 0.29) is 11.9 Å². The third-order valence-electron chi connectivity index (χ3n) is 3.42. The molecule has 3 nitrogen and oxygen atoms in total. The predicted molar refractivity (Wildman–Crippen MR) is 87.6 cm³/mol. The second kappa shape index (κ2) is 5.15. The zero-order valence-corrected chi connectivity index (χ0v) is 13.4. The summed E-state index contributed by atoms with van der Waals surface area (Å²) >= 11 is 3.40. The summed E-state index contributed by atoms with van der Waals surface area (Å²) in [7, 11) is 0. The highest BCUT2D eigenvalue weighted by atomic mass is 79.9. The number of aromatic nitrogens is 2. The van der Waals surface area contributed by atoms with E-state index in [1.54, 1.807) is 6.07 Å². The molecule has 1 aromatic heterocycles. The molecule has 0 bridgehead atoms. The first-order valence-corrected chi connectivity index (χ1v) is 7.49. The summed E-state index contributed by atoms with van der Waals surface area (Å²) in [5.41, 5.74) is 9.15. The fraction of sp³-hybridized carbons (Fsp3) is 0.188. The van der Waals surface area contributed by atoms with Crippen molar-refractivity contribution in [1.82, 2.24) is 9.55 Å². The minimum Gasteiger partial charge on any atom is -0.398 e. The molecule has 0 aliphatic rings. The summed E-state index contributed by atoms with van der Waals surface area (Å²) in [5.74, 6) is 0.496. The molecule has 5 heteroatoms. The topological polar surface area (TPSA) is 43.8 Å². The number of fused-ring (bicyclic) bond motifs is 1. The molecule has 21 heavy (non-hydrogen) atoms. The second-order valence-corrected chi connectivity index (χ2v) is 6.18. The minimum atomic E-state index is -0.264. The van der Waals surface area contributed by atoms with E-state index in [9.17, 15) is 4.39 Å². The first-order valence-electron chi connectivity index (χ1n) is 6.70. The van der Waals surface area contributed by atoms with E-state index in [0.717, 1.165) is 26.9 Å². The number of hydrogen-bond acceptors (Lipinski definition) is 2. The van der Waals surface area contributed by atoms with E-state index in [4.69, 9.17) is 5.73 Å². The summed E-state index contributed by atoms with van der Waals surface area (Å²) < 4.78 is 16.5. The van der Waals surface area contributed by atoms with Gasteiger partial charge in [-0.15, -0.1) is 0 Å². The lowest BCUT2D eigenvalue weighted by molar-refractivity contribution is 0.613. The van der Waals surface area contributed by atoms with Crippen LogP contribution in [0, 0.1) is 5.82 Å². The van der Waals surface area contributed by atoms with E-state index in [1.807, 2.05) is 36.6 Å². The zero-order valence-electron chi connectivity index (χ0n) is 11.8. The Kier molecular flexibility index (Phi) is 3.45. The Morgan fingerprint density at radius 1 is 1.19 bits per heavy atom. The maximum atomic E-state index is 13.6. The molecular weight excluding hydrogens is 333 g/mol. The monoisotopic (exact) mass is 347 g/mol. The van der Waals surface area contributed by atoms with Gasteiger partial charge in [-0.3, -0.25) is 0 Å². The molecule has 3 rings (SSSR count). The van der Waals surface area contributed by atoms with E-state index in [1.165, 1.54) is 12.1 Å². The maximum Gasteiger partial charge on any atom is 0.143 e. The van der Waals surface area contributed by atoms with E-state index < -0.39 is 0 Å². The molecule has 0 amide bonds. The molecule has 0 saturated carbocycles. The average Bonchev–Trinajstić information content (AvgIpc) is 2.76. The molecule has 0 fully saturated rings. The second-order valence-electron chi connectivity index (χ2n) is 5.26. The first-order chi connectivity index (χ1) is 9.97. The Bertz CT molecular complexity index is 824. The Morgan fingerprint density at radius 3 is 2.62 bits per heavy atom. The number of rotatable bonds is 2. The van der Waals surface area contributed by atoms with Crippen LogP contribution in [0.4, 0.5) is 10.1 Å². The Morgan fingerprint density at radius 2 is 1.95 bits per heavy atom. The lowest BCUT2D eigenvalue weighted by Gasteiger charge is -2.14. The normalized spacial score (nSPS) is 11.5. The van der Waals surface area contributed by atoms with Gasteiger partial charge in [0.05, 0.1) is 11.0 Å². The highest BCUT2D eigenvalue weighted by molar-refractivity contribution is 9.10. The molecule has 0 atom stereocenters. The highest BCUT2D eigenvalue weighted by Crippen LogP contribution is 2.33. The third kappa shape index (κ3) is 2.42. The number of anilines is 1. The van der Waals surface area contributed by atoms with Crippen LogP contribution in [0.5, 0.6) is 0 Å². The fourth-order valence-corrected chi connectivity index (χ4v) is 2.89. The highest BCUT2D eigenvalue weighted by Gasteiger charge is 2.17. The average molecular weight is 348 g/mol. The third-order valence-corrected chi connectivity index (χ3v) is 3.92. The van der Waals surface area contributed by atoms with Crippen LogP contribution in [0.2, 0.25) is 0 Å². The smallest absolute Gasteiger partial charge is 0.143 e. The van der Waals surface area contributed by atoms with Gasteiger partial charge in [0.15, 0.2) is 0 Å². The molecule has 2 N–H and O–H groups in total. The van der Waals surface area contributed by atoms with Crippen molar-refractivity contribution in [2.45, 2.75) is 19.9 Å². The van der Waals surface area contributed by atoms with Crippen LogP contribution in [0.1, 0.15) is 19.9 Å². The van der Waals surface area contributed by atoms with E-state index in [0.29, 0.717) is 5.69 Å². The van der Waals surface area contributed by atoms with Gasteiger partial charge >= 0.3 is 0 Å². The SMILES string of the molecule is CC(C)n1c(-c2ccc(Br)cc2N)nc2ccc(F)cc21. The Balaban J connectivity index is 2.34. The Labute approximate surface area is 130 Å². The van der Waals surface area contributed by atoms with Crippen molar-refractivity contribution in [3.8, 4) is 11.4 Å². The number of imidazole rings is 1. The number of nitrogens with two attached hydrogens (primary N) is 1. The lowest BCUT2D eigenvalue weighted by Crippen LogP contribution is -2.04. The fourth-order valence-electron chi connectivity index (χ4n) is 2.52. The molecule has 0 aliphatic carbocycles. The van der Waals surface area contributed by atoms with Crippen molar-refractivity contribution in [2.24, 2.45) is 0 Å². The summed E-state index contributed by atoms with van der Waals surface area (Å²) in [6, 6.07) is 10.5. The molecule has 0 spiro atoms. The van der Waals surface area contributed by atoms with Crippen molar-refractivity contribution >= 4 is 32.7 Å². The standard InChI is InChI=1S/C16H15BrFN3/c1-9(2)21-15-8-11(18)4-6-14(15)20-16(21)12-5-3-10(17)7-13(12)19/h3-9H,19H2,1-2H3. The predicted octanol–water partition coefficient (Wildman–Crippen LogP) is 4.77. The van der Waals surface area contributed by atoms with E-state index >= 15 is 0 Å². The summed E-state index contributed by atoms with van der Waals surface area (Å²) in [4.78, 5) is 4.64. The molecule has 0 saturated heterocycles. The first kappa shape index (κ1) is 14.1. The Hall–Kier alpha value is -1.88.